The third kappa shape index (κ3) is 4.23. The number of nitrogens with two attached hydrogens (primary N) is 1. The molecule has 1 aromatic carbocycles. The molecule has 1 aromatic rings. The van der Waals surface area contributed by atoms with Gasteiger partial charge in [0, 0.05) is 0 Å². The molecule has 3 nitrogen and oxygen atoms in total. The molecule has 96 valence electrons. The fraction of sp³-hybridized carbons (Fsp3) is 0.400. The second kappa shape index (κ2) is 6.83. The summed E-state index contributed by atoms with van der Waals surface area (Å²) in [6.45, 7) is 3.93. The van der Waals surface area contributed by atoms with Crippen LogP contribution in [0.25, 0.3) is 0 Å². The number of carbonyl (C=O) groups is 1. The Bertz CT molecular complexity index is 420. The molecule has 0 heterocycles. The van der Waals surface area contributed by atoms with Crippen molar-refractivity contribution in [2.24, 2.45) is 11.7 Å². The third-order valence-electron chi connectivity index (χ3n) is 2.78. The molecule has 0 aliphatic rings. The standard InChI is InChI=1S/C15H20N2O/c1-4-14(11(2)3)17-15(18)13(16)10-12-8-6-5-7-9-12/h1,5-9,11,13-14H,10,16H2,2-3H3,(H,17,18). The van der Waals surface area contributed by atoms with Gasteiger partial charge in [0.05, 0.1) is 12.1 Å². The molecule has 0 fully saturated rings. The van der Waals surface area contributed by atoms with Crippen LogP contribution >= 0.6 is 0 Å². The molecule has 1 rings (SSSR count). The van der Waals surface area contributed by atoms with Crippen LogP contribution in [0.4, 0.5) is 0 Å². The van der Waals surface area contributed by atoms with Crippen molar-refractivity contribution in [2.75, 3.05) is 0 Å². The van der Waals surface area contributed by atoms with Crippen LogP contribution in [-0.2, 0) is 11.2 Å². The van der Waals surface area contributed by atoms with Crippen LogP contribution in [-0.4, -0.2) is 18.0 Å². The largest absolute Gasteiger partial charge is 0.341 e. The van der Waals surface area contributed by atoms with Crippen LogP contribution in [0.5, 0.6) is 0 Å². The first-order valence-electron chi connectivity index (χ1n) is 6.10. The quantitative estimate of drug-likeness (QED) is 0.768. The predicted octanol–water partition coefficient (Wildman–Crippen LogP) is 1.33. The SMILES string of the molecule is C#CC(NC(=O)C(N)Cc1ccccc1)C(C)C. The molecule has 0 aromatic heterocycles. The van der Waals surface area contributed by atoms with Crippen molar-refractivity contribution in [3.8, 4) is 12.3 Å². The minimum absolute atomic E-state index is 0.197. The number of nitrogens with one attached hydrogen (secondary N) is 1. The van der Waals surface area contributed by atoms with Crippen molar-refractivity contribution in [2.45, 2.75) is 32.4 Å². The van der Waals surface area contributed by atoms with Crippen LogP contribution < -0.4 is 11.1 Å². The summed E-state index contributed by atoms with van der Waals surface area (Å²) in [5, 5.41) is 2.79. The van der Waals surface area contributed by atoms with E-state index in [1.165, 1.54) is 0 Å². The third-order valence-corrected chi connectivity index (χ3v) is 2.78. The van der Waals surface area contributed by atoms with Crippen LogP contribution in [0.15, 0.2) is 30.3 Å². The van der Waals surface area contributed by atoms with Crippen molar-refractivity contribution >= 4 is 5.91 Å². The Morgan fingerprint density at radius 2 is 2.00 bits per heavy atom. The first-order valence-corrected chi connectivity index (χ1v) is 6.10. The number of rotatable bonds is 5. The van der Waals surface area contributed by atoms with Gasteiger partial charge >= 0.3 is 0 Å². The number of terminal acetylenes is 1. The molecule has 2 unspecified atom stereocenters. The number of hydrogen-bond donors (Lipinski definition) is 2. The van der Waals surface area contributed by atoms with Crippen LogP contribution in [0.3, 0.4) is 0 Å². The normalized spacial score (nSPS) is 13.7. The van der Waals surface area contributed by atoms with E-state index in [0.717, 1.165) is 5.56 Å². The van der Waals surface area contributed by atoms with Crippen molar-refractivity contribution in [1.82, 2.24) is 5.32 Å². The van der Waals surface area contributed by atoms with Crippen molar-refractivity contribution < 1.29 is 4.79 Å². The smallest absolute Gasteiger partial charge is 0.238 e. The summed E-state index contributed by atoms with van der Waals surface area (Å²) in [4.78, 5) is 11.9. The first kappa shape index (κ1) is 14.3. The van der Waals surface area contributed by atoms with Gasteiger partial charge in [-0.2, -0.15) is 0 Å². The van der Waals surface area contributed by atoms with Crippen molar-refractivity contribution in [1.29, 1.82) is 0 Å². The Hall–Kier alpha value is -1.79. The minimum atomic E-state index is -0.568. The minimum Gasteiger partial charge on any atom is -0.341 e. The lowest BCUT2D eigenvalue weighted by Crippen LogP contribution is -2.47. The van der Waals surface area contributed by atoms with Gasteiger partial charge in [0.15, 0.2) is 0 Å². The number of carbonyl (C=O) groups excluding carboxylic acids is 1. The summed E-state index contributed by atoms with van der Waals surface area (Å²) in [6.07, 6.45) is 5.89. The van der Waals surface area contributed by atoms with E-state index >= 15 is 0 Å². The molecule has 1 amide bonds. The molecule has 0 saturated heterocycles. The van der Waals surface area contributed by atoms with E-state index in [9.17, 15) is 4.79 Å². The van der Waals surface area contributed by atoms with Crippen LogP contribution in [0.1, 0.15) is 19.4 Å². The van der Waals surface area contributed by atoms with E-state index in [1.807, 2.05) is 44.2 Å². The predicted molar refractivity (Wildman–Crippen MR) is 73.7 cm³/mol. The van der Waals surface area contributed by atoms with E-state index in [1.54, 1.807) is 0 Å². The first-order chi connectivity index (χ1) is 8.54. The lowest BCUT2D eigenvalue weighted by Gasteiger charge is -2.19. The fourth-order valence-corrected chi connectivity index (χ4v) is 1.62. The highest BCUT2D eigenvalue weighted by Gasteiger charge is 2.18. The lowest BCUT2D eigenvalue weighted by molar-refractivity contribution is -0.122. The number of hydrogen-bond acceptors (Lipinski definition) is 2. The average Bonchev–Trinajstić information content (AvgIpc) is 2.36. The van der Waals surface area contributed by atoms with Crippen molar-refractivity contribution in [3.63, 3.8) is 0 Å². The zero-order chi connectivity index (χ0) is 13.5. The van der Waals surface area contributed by atoms with Gasteiger partial charge < -0.3 is 11.1 Å². The molecular weight excluding hydrogens is 224 g/mol. The summed E-state index contributed by atoms with van der Waals surface area (Å²) < 4.78 is 0. The van der Waals surface area contributed by atoms with Gasteiger partial charge in [-0.25, -0.2) is 0 Å². The molecule has 0 aliphatic heterocycles. The molecule has 3 N–H and O–H groups in total. The second-order valence-electron chi connectivity index (χ2n) is 4.69. The van der Waals surface area contributed by atoms with Gasteiger partial charge in [-0.3, -0.25) is 4.79 Å². The molecule has 0 radical (unpaired) electrons. The van der Waals surface area contributed by atoms with E-state index in [-0.39, 0.29) is 17.9 Å². The fourth-order valence-electron chi connectivity index (χ4n) is 1.62. The lowest BCUT2D eigenvalue weighted by atomic mass is 10.0. The maximum absolute atomic E-state index is 11.9. The summed E-state index contributed by atoms with van der Waals surface area (Å²) in [6, 6.07) is 8.86. The summed E-state index contributed by atoms with van der Waals surface area (Å²) in [5.41, 5.74) is 6.92. The Labute approximate surface area is 109 Å². The van der Waals surface area contributed by atoms with Gasteiger partial charge in [-0.1, -0.05) is 50.1 Å². The Morgan fingerprint density at radius 1 is 1.39 bits per heavy atom. The monoisotopic (exact) mass is 244 g/mol. The maximum Gasteiger partial charge on any atom is 0.238 e. The molecular formula is C15H20N2O. The average molecular weight is 244 g/mol. The van der Waals surface area contributed by atoms with Crippen molar-refractivity contribution in [3.05, 3.63) is 35.9 Å². The van der Waals surface area contributed by atoms with Gasteiger partial charge in [0.25, 0.3) is 0 Å². The van der Waals surface area contributed by atoms with Gasteiger partial charge in [0.2, 0.25) is 5.91 Å². The Kier molecular flexibility index (Phi) is 5.41. The van der Waals surface area contributed by atoms with Gasteiger partial charge in [-0.05, 0) is 17.9 Å². The van der Waals surface area contributed by atoms with Crippen LogP contribution in [0, 0.1) is 18.3 Å². The Balaban J connectivity index is 2.55. The van der Waals surface area contributed by atoms with Gasteiger partial charge in [-0.15, -0.1) is 6.42 Å². The highest BCUT2D eigenvalue weighted by atomic mass is 16.2. The summed E-state index contributed by atoms with van der Waals surface area (Å²) in [7, 11) is 0. The van der Waals surface area contributed by atoms with Crippen LogP contribution in [0.2, 0.25) is 0 Å². The molecule has 2 atom stereocenters. The number of amides is 1. The highest BCUT2D eigenvalue weighted by molar-refractivity contribution is 5.82. The highest BCUT2D eigenvalue weighted by Crippen LogP contribution is 2.04. The molecule has 0 aliphatic carbocycles. The number of benzene rings is 1. The molecule has 18 heavy (non-hydrogen) atoms. The van der Waals surface area contributed by atoms with Gasteiger partial charge in [0.1, 0.15) is 0 Å². The van der Waals surface area contributed by atoms with E-state index in [4.69, 9.17) is 12.2 Å². The topological polar surface area (TPSA) is 55.1 Å². The summed E-state index contributed by atoms with van der Waals surface area (Å²) in [5.74, 6) is 2.56. The molecule has 0 bridgehead atoms. The van der Waals surface area contributed by atoms with E-state index in [2.05, 4.69) is 11.2 Å². The Morgan fingerprint density at radius 3 is 2.50 bits per heavy atom. The van der Waals surface area contributed by atoms with E-state index in [0.29, 0.717) is 6.42 Å². The second-order valence-corrected chi connectivity index (χ2v) is 4.69. The molecule has 0 saturated carbocycles. The summed E-state index contributed by atoms with van der Waals surface area (Å²) >= 11 is 0. The van der Waals surface area contributed by atoms with E-state index < -0.39 is 6.04 Å². The molecule has 0 spiro atoms. The maximum atomic E-state index is 11.9. The zero-order valence-electron chi connectivity index (χ0n) is 10.9. The zero-order valence-corrected chi connectivity index (χ0v) is 10.9. The molecule has 3 heteroatoms.